The van der Waals surface area contributed by atoms with Crippen molar-refractivity contribution in [3.05, 3.63) is 46.6 Å². The van der Waals surface area contributed by atoms with E-state index in [0.717, 1.165) is 6.67 Å². The van der Waals surface area contributed by atoms with Crippen LogP contribution in [0.2, 0.25) is 0 Å². The molecule has 21 heavy (non-hydrogen) atoms. The van der Waals surface area contributed by atoms with Crippen LogP contribution in [0.4, 0.5) is 0 Å². The highest BCUT2D eigenvalue weighted by molar-refractivity contribution is 5.34. The van der Waals surface area contributed by atoms with Gasteiger partial charge in [-0.15, -0.1) is 0 Å². The van der Waals surface area contributed by atoms with Crippen LogP contribution in [0.1, 0.15) is 38.5 Å². The topological polar surface area (TPSA) is 6.48 Å². The van der Waals surface area contributed by atoms with E-state index in [1.54, 1.807) is 22.3 Å². The van der Waals surface area contributed by atoms with E-state index in [1.165, 1.54) is 64.7 Å². The van der Waals surface area contributed by atoms with Gasteiger partial charge in [0, 0.05) is 26.2 Å². The monoisotopic (exact) mass is 282 g/mol. The Kier molecular flexibility index (Phi) is 3.83. The molecule has 0 aromatic rings. The first-order chi connectivity index (χ1) is 10.4. The first kappa shape index (κ1) is 13.5. The van der Waals surface area contributed by atoms with Crippen LogP contribution in [-0.2, 0) is 0 Å². The fraction of sp³-hybridized carbons (Fsp3) is 0.579. The van der Waals surface area contributed by atoms with E-state index in [0.29, 0.717) is 0 Å². The zero-order valence-electron chi connectivity index (χ0n) is 13.0. The Bertz CT molecular complexity index is 488. The van der Waals surface area contributed by atoms with Crippen LogP contribution in [0.3, 0.4) is 0 Å². The summed E-state index contributed by atoms with van der Waals surface area (Å²) in [6, 6.07) is 0. The average Bonchev–Trinajstić information content (AvgIpc) is 2.55. The van der Waals surface area contributed by atoms with Gasteiger partial charge in [-0.2, -0.15) is 0 Å². The minimum Gasteiger partial charge on any atom is -0.286 e. The second-order valence-electron chi connectivity index (χ2n) is 6.89. The smallest absolute Gasteiger partial charge is 0.0513 e. The van der Waals surface area contributed by atoms with Gasteiger partial charge >= 0.3 is 0 Å². The second kappa shape index (κ2) is 5.94. The zero-order valence-corrected chi connectivity index (χ0v) is 13.0. The highest BCUT2D eigenvalue weighted by Gasteiger charge is 2.23. The molecule has 2 nitrogen and oxygen atoms in total. The fourth-order valence-corrected chi connectivity index (χ4v) is 4.17. The van der Waals surface area contributed by atoms with E-state index in [9.17, 15) is 0 Å². The Morgan fingerprint density at radius 1 is 0.714 bits per heavy atom. The van der Waals surface area contributed by atoms with Gasteiger partial charge in [0.25, 0.3) is 0 Å². The summed E-state index contributed by atoms with van der Waals surface area (Å²) in [5.41, 5.74) is 6.68. The van der Waals surface area contributed by atoms with Gasteiger partial charge in [-0.25, -0.2) is 0 Å². The van der Waals surface area contributed by atoms with Gasteiger partial charge in [0.05, 0.1) is 6.67 Å². The molecule has 2 aliphatic heterocycles. The maximum absolute atomic E-state index is 2.65. The molecule has 0 aromatic heterocycles. The molecule has 112 valence electrons. The first-order valence-corrected chi connectivity index (χ1v) is 8.58. The van der Waals surface area contributed by atoms with Gasteiger partial charge in [0.15, 0.2) is 0 Å². The molecular weight excluding hydrogens is 256 g/mol. The van der Waals surface area contributed by atoms with Gasteiger partial charge in [-0.3, -0.25) is 9.80 Å². The quantitative estimate of drug-likeness (QED) is 0.763. The normalized spacial score (nSPS) is 27.0. The molecular formula is C19H26N2. The molecule has 2 heteroatoms. The molecule has 0 saturated heterocycles. The highest BCUT2D eigenvalue weighted by Crippen LogP contribution is 2.29. The van der Waals surface area contributed by atoms with Gasteiger partial charge in [0.1, 0.15) is 0 Å². The lowest BCUT2D eigenvalue weighted by molar-refractivity contribution is 0.140. The van der Waals surface area contributed by atoms with Crippen LogP contribution in [0, 0.1) is 0 Å². The van der Waals surface area contributed by atoms with E-state index in [1.807, 2.05) is 0 Å². The van der Waals surface area contributed by atoms with E-state index >= 15 is 0 Å². The lowest BCUT2D eigenvalue weighted by Crippen LogP contribution is -2.44. The van der Waals surface area contributed by atoms with Crippen molar-refractivity contribution in [1.82, 2.24) is 9.80 Å². The number of hydrogen-bond donors (Lipinski definition) is 0. The summed E-state index contributed by atoms with van der Waals surface area (Å²) in [4.78, 5) is 5.29. The molecule has 0 fully saturated rings. The zero-order chi connectivity index (χ0) is 14.1. The van der Waals surface area contributed by atoms with Crippen LogP contribution in [0.15, 0.2) is 46.6 Å². The Labute approximate surface area is 128 Å². The molecule has 4 aliphatic rings. The Hall–Kier alpha value is -1.12. The van der Waals surface area contributed by atoms with Crippen LogP contribution in [0.5, 0.6) is 0 Å². The molecule has 0 bridgehead atoms. The molecule has 0 aromatic carbocycles. The summed E-state index contributed by atoms with van der Waals surface area (Å²) in [5, 5.41) is 0. The van der Waals surface area contributed by atoms with E-state index in [-0.39, 0.29) is 0 Å². The largest absolute Gasteiger partial charge is 0.286 e. The average molecular weight is 282 g/mol. The van der Waals surface area contributed by atoms with E-state index in [4.69, 9.17) is 0 Å². The molecule has 0 spiro atoms. The third-order valence-electron chi connectivity index (χ3n) is 5.42. The van der Waals surface area contributed by atoms with Crippen molar-refractivity contribution in [3.8, 4) is 0 Å². The first-order valence-electron chi connectivity index (χ1n) is 8.58. The van der Waals surface area contributed by atoms with Crippen molar-refractivity contribution < 1.29 is 0 Å². The van der Waals surface area contributed by atoms with E-state index in [2.05, 4.69) is 34.1 Å². The minimum absolute atomic E-state index is 1.15. The van der Waals surface area contributed by atoms with E-state index < -0.39 is 0 Å². The molecule has 0 saturated carbocycles. The van der Waals surface area contributed by atoms with Gasteiger partial charge < -0.3 is 0 Å². The summed E-state index contributed by atoms with van der Waals surface area (Å²) in [5.74, 6) is 0. The number of rotatable bonds is 2. The van der Waals surface area contributed by atoms with Crippen LogP contribution in [-0.4, -0.2) is 42.6 Å². The molecule has 0 radical (unpaired) electrons. The summed E-state index contributed by atoms with van der Waals surface area (Å²) >= 11 is 0. The Morgan fingerprint density at radius 3 is 1.76 bits per heavy atom. The Balaban J connectivity index is 1.37. The third kappa shape index (κ3) is 2.93. The predicted molar refractivity (Wildman–Crippen MR) is 88.0 cm³/mol. The van der Waals surface area contributed by atoms with Gasteiger partial charge in [-0.05, 0) is 49.7 Å². The maximum Gasteiger partial charge on any atom is 0.0513 e. The Morgan fingerprint density at radius 2 is 1.24 bits per heavy atom. The minimum atomic E-state index is 1.15. The number of nitrogens with zero attached hydrogens (tertiary/aromatic N) is 2. The highest BCUT2D eigenvalue weighted by atomic mass is 15.3. The lowest BCUT2D eigenvalue weighted by Gasteiger charge is -2.38. The number of hydrogen-bond acceptors (Lipinski definition) is 2. The predicted octanol–water partition coefficient (Wildman–Crippen LogP) is 3.65. The molecule has 0 unspecified atom stereocenters. The molecule has 2 aliphatic carbocycles. The molecule has 0 atom stereocenters. The summed E-state index contributed by atoms with van der Waals surface area (Å²) < 4.78 is 0. The van der Waals surface area contributed by atoms with Crippen LogP contribution >= 0.6 is 0 Å². The van der Waals surface area contributed by atoms with Crippen molar-refractivity contribution in [2.75, 3.05) is 32.8 Å². The lowest BCUT2D eigenvalue weighted by atomic mass is 9.91. The van der Waals surface area contributed by atoms with Crippen LogP contribution in [0.25, 0.3) is 0 Å². The molecule has 0 amide bonds. The second-order valence-corrected chi connectivity index (χ2v) is 6.89. The van der Waals surface area contributed by atoms with Crippen molar-refractivity contribution >= 4 is 0 Å². The van der Waals surface area contributed by atoms with Crippen LogP contribution < -0.4 is 0 Å². The van der Waals surface area contributed by atoms with Crippen molar-refractivity contribution in [2.45, 2.75) is 38.5 Å². The molecule has 0 N–H and O–H groups in total. The SMILES string of the molecule is C1=CC2=C(CC1)CCN(CN1CCC3=C(C=CCC3)C1)C2. The molecule has 4 rings (SSSR count). The van der Waals surface area contributed by atoms with Crippen molar-refractivity contribution in [2.24, 2.45) is 0 Å². The molecule has 2 heterocycles. The summed E-state index contributed by atoms with van der Waals surface area (Å²) in [6.07, 6.45) is 17.2. The maximum atomic E-state index is 2.65. The number of allylic oxidation sites excluding steroid dienone is 2. The van der Waals surface area contributed by atoms with Crippen molar-refractivity contribution in [1.29, 1.82) is 0 Å². The van der Waals surface area contributed by atoms with Crippen molar-refractivity contribution in [3.63, 3.8) is 0 Å². The summed E-state index contributed by atoms with van der Waals surface area (Å²) in [7, 11) is 0. The summed E-state index contributed by atoms with van der Waals surface area (Å²) in [6.45, 7) is 6.00. The van der Waals surface area contributed by atoms with Gasteiger partial charge in [0.2, 0.25) is 0 Å². The third-order valence-corrected chi connectivity index (χ3v) is 5.42. The van der Waals surface area contributed by atoms with Gasteiger partial charge in [-0.1, -0.05) is 35.5 Å². The standard InChI is InChI=1S/C19H26N2/c1-3-7-18-13-20(11-9-16(18)5-1)15-21-12-10-17-6-2-4-8-19(17)14-21/h3-4,7-8H,1-2,5-6,9-15H2. The fourth-order valence-electron chi connectivity index (χ4n) is 4.17.